The lowest BCUT2D eigenvalue weighted by atomic mass is 10.0. The Labute approximate surface area is 112 Å². The number of hydrogen-bond donors (Lipinski definition) is 1. The van der Waals surface area contributed by atoms with Crippen molar-refractivity contribution < 1.29 is 5.11 Å². The molecule has 1 N–H and O–H groups in total. The van der Waals surface area contributed by atoms with Crippen LogP contribution in [0.15, 0.2) is 18.2 Å². The third kappa shape index (κ3) is 4.79. The van der Waals surface area contributed by atoms with Gasteiger partial charge in [0.1, 0.15) is 0 Å². The van der Waals surface area contributed by atoms with Gasteiger partial charge in [-0.3, -0.25) is 0 Å². The van der Waals surface area contributed by atoms with Crippen molar-refractivity contribution in [2.45, 2.75) is 46.6 Å². The van der Waals surface area contributed by atoms with Crippen LogP contribution in [-0.4, -0.2) is 35.7 Å². The number of aliphatic hydroxyl groups excluding tert-OH is 1. The highest BCUT2D eigenvalue weighted by Gasteiger charge is 2.08. The zero-order chi connectivity index (χ0) is 13.5. The molecule has 1 aromatic carbocycles. The van der Waals surface area contributed by atoms with Gasteiger partial charge in [-0.25, -0.2) is 0 Å². The topological polar surface area (TPSA) is 23.5 Å². The Bertz CT molecular complexity index is 358. The first kappa shape index (κ1) is 15.2. The molecule has 0 bridgehead atoms. The zero-order valence-electron chi connectivity index (χ0n) is 12.2. The molecule has 1 rings (SSSR count). The van der Waals surface area contributed by atoms with Gasteiger partial charge in [0.15, 0.2) is 0 Å². The van der Waals surface area contributed by atoms with Gasteiger partial charge in [-0.05, 0) is 56.5 Å². The van der Waals surface area contributed by atoms with Gasteiger partial charge in [-0.15, -0.1) is 0 Å². The van der Waals surface area contributed by atoms with Crippen molar-refractivity contribution in [3.63, 3.8) is 0 Å². The number of aliphatic hydroxyl groups is 1. The molecule has 0 saturated carbocycles. The van der Waals surface area contributed by atoms with E-state index in [1.807, 2.05) is 0 Å². The summed E-state index contributed by atoms with van der Waals surface area (Å²) in [6.07, 6.45) is 1.39. The molecule has 0 fully saturated rings. The molecule has 1 atom stereocenters. The van der Waals surface area contributed by atoms with Gasteiger partial charge in [0.2, 0.25) is 0 Å². The van der Waals surface area contributed by atoms with Crippen LogP contribution in [-0.2, 0) is 6.42 Å². The fraction of sp³-hybridized carbons (Fsp3) is 0.625. The second-order valence-electron chi connectivity index (χ2n) is 5.09. The summed E-state index contributed by atoms with van der Waals surface area (Å²) >= 11 is 0. The van der Waals surface area contributed by atoms with Crippen LogP contribution in [0.1, 0.15) is 37.0 Å². The SMILES string of the molecule is CCN(CC)CCC(O)Cc1ccc(C)c(C)c1. The van der Waals surface area contributed by atoms with E-state index in [0.29, 0.717) is 0 Å². The smallest absolute Gasteiger partial charge is 0.0592 e. The van der Waals surface area contributed by atoms with Crippen molar-refractivity contribution in [2.75, 3.05) is 19.6 Å². The third-order valence-electron chi connectivity index (χ3n) is 3.72. The molecular formula is C16H27NO. The summed E-state index contributed by atoms with van der Waals surface area (Å²) in [4.78, 5) is 2.35. The van der Waals surface area contributed by atoms with Crippen LogP contribution in [0.25, 0.3) is 0 Å². The van der Waals surface area contributed by atoms with Crippen molar-refractivity contribution in [2.24, 2.45) is 0 Å². The van der Waals surface area contributed by atoms with Crippen LogP contribution in [0, 0.1) is 13.8 Å². The van der Waals surface area contributed by atoms with Gasteiger partial charge >= 0.3 is 0 Å². The Morgan fingerprint density at radius 3 is 2.33 bits per heavy atom. The predicted molar refractivity (Wildman–Crippen MR) is 78.0 cm³/mol. The molecule has 0 saturated heterocycles. The Morgan fingerprint density at radius 1 is 1.11 bits per heavy atom. The lowest BCUT2D eigenvalue weighted by Gasteiger charge is -2.20. The Morgan fingerprint density at radius 2 is 1.78 bits per heavy atom. The lowest BCUT2D eigenvalue weighted by Crippen LogP contribution is -2.27. The third-order valence-corrected chi connectivity index (χ3v) is 3.72. The van der Waals surface area contributed by atoms with Crippen LogP contribution >= 0.6 is 0 Å². The summed E-state index contributed by atoms with van der Waals surface area (Å²) in [6.45, 7) is 11.7. The molecule has 2 nitrogen and oxygen atoms in total. The van der Waals surface area contributed by atoms with Crippen LogP contribution < -0.4 is 0 Å². The first-order chi connectivity index (χ1) is 8.56. The van der Waals surface area contributed by atoms with Gasteiger partial charge in [0.05, 0.1) is 6.10 Å². The van der Waals surface area contributed by atoms with Gasteiger partial charge in [0, 0.05) is 6.54 Å². The molecule has 0 spiro atoms. The molecule has 0 aliphatic rings. The van der Waals surface area contributed by atoms with Crippen molar-refractivity contribution in [3.05, 3.63) is 34.9 Å². The molecule has 0 heterocycles. The quantitative estimate of drug-likeness (QED) is 0.803. The summed E-state index contributed by atoms with van der Waals surface area (Å²) in [6, 6.07) is 6.46. The van der Waals surface area contributed by atoms with Gasteiger partial charge in [-0.2, -0.15) is 0 Å². The summed E-state index contributed by atoms with van der Waals surface area (Å²) in [7, 11) is 0. The molecule has 0 aliphatic heterocycles. The molecule has 1 unspecified atom stereocenters. The van der Waals surface area contributed by atoms with E-state index in [9.17, 15) is 5.11 Å². The fourth-order valence-electron chi connectivity index (χ4n) is 2.18. The molecule has 0 aromatic heterocycles. The minimum atomic E-state index is -0.229. The van der Waals surface area contributed by atoms with E-state index >= 15 is 0 Å². The fourth-order valence-corrected chi connectivity index (χ4v) is 2.18. The minimum Gasteiger partial charge on any atom is -0.393 e. The van der Waals surface area contributed by atoms with Crippen molar-refractivity contribution >= 4 is 0 Å². The summed E-state index contributed by atoms with van der Waals surface area (Å²) < 4.78 is 0. The normalized spacial score (nSPS) is 13.0. The molecular weight excluding hydrogens is 222 g/mol. The number of benzene rings is 1. The second-order valence-corrected chi connectivity index (χ2v) is 5.09. The molecule has 2 heteroatoms. The van der Waals surface area contributed by atoms with E-state index in [1.54, 1.807) is 0 Å². The summed E-state index contributed by atoms with van der Waals surface area (Å²) in [5, 5.41) is 10.1. The maximum atomic E-state index is 10.1. The highest BCUT2D eigenvalue weighted by Crippen LogP contribution is 2.12. The average Bonchev–Trinajstić information content (AvgIpc) is 2.35. The molecule has 0 radical (unpaired) electrons. The Kier molecular flexibility index (Phi) is 6.37. The monoisotopic (exact) mass is 249 g/mol. The van der Waals surface area contributed by atoms with Crippen LogP contribution in [0.2, 0.25) is 0 Å². The maximum Gasteiger partial charge on any atom is 0.0592 e. The second kappa shape index (κ2) is 7.55. The van der Waals surface area contributed by atoms with Crippen molar-refractivity contribution in [1.82, 2.24) is 4.90 Å². The minimum absolute atomic E-state index is 0.229. The molecule has 0 amide bonds. The van der Waals surface area contributed by atoms with E-state index in [0.717, 1.165) is 32.5 Å². The number of hydrogen-bond acceptors (Lipinski definition) is 2. The largest absolute Gasteiger partial charge is 0.393 e. The van der Waals surface area contributed by atoms with Gasteiger partial charge in [-0.1, -0.05) is 32.0 Å². The number of aryl methyl sites for hydroxylation is 2. The van der Waals surface area contributed by atoms with Gasteiger partial charge in [0.25, 0.3) is 0 Å². The average molecular weight is 249 g/mol. The number of nitrogens with zero attached hydrogens (tertiary/aromatic N) is 1. The van der Waals surface area contributed by atoms with E-state index in [4.69, 9.17) is 0 Å². The summed E-state index contributed by atoms with van der Waals surface area (Å²) in [5.41, 5.74) is 3.87. The van der Waals surface area contributed by atoms with E-state index in [1.165, 1.54) is 16.7 Å². The van der Waals surface area contributed by atoms with E-state index < -0.39 is 0 Å². The van der Waals surface area contributed by atoms with Gasteiger partial charge < -0.3 is 10.0 Å². The summed E-state index contributed by atoms with van der Waals surface area (Å²) in [5.74, 6) is 0. The van der Waals surface area contributed by atoms with Crippen LogP contribution in [0.5, 0.6) is 0 Å². The Hall–Kier alpha value is -0.860. The Balaban J connectivity index is 2.44. The first-order valence-corrected chi connectivity index (χ1v) is 7.03. The highest BCUT2D eigenvalue weighted by atomic mass is 16.3. The predicted octanol–water partition coefficient (Wildman–Crippen LogP) is 2.94. The molecule has 18 heavy (non-hydrogen) atoms. The highest BCUT2D eigenvalue weighted by molar-refractivity contribution is 5.30. The molecule has 1 aromatic rings. The number of rotatable bonds is 7. The molecule has 0 aliphatic carbocycles. The zero-order valence-corrected chi connectivity index (χ0v) is 12.2. The first-order valence-electron chi connectivity index (χ1n) is 7.03. The van der Waals surface area contributed by atoms with E-state index in [2.05, 4.69) is 50.8 Å². The van der Waals surface area contributed by atoms with E-state index in [-0.39, 0.29) is 6.10 Å². The van der Waals surface area contributed by atoms with Crippen LogP contribution in [0.4, 0.5) is 0 Å². The van der Waals surface area contributed by atoms with Crippen molar-refractivity contribution in [3.8, 4) is 0 Å². The van der Waals surface area contributed by atoms with Crippen LogP contribution in [0.3, 0.4) is 0 Å². The maximum absolute atomic E-state index is 10.1. The van der Waals surface area contributed by atoms with Crippen molar-refractivity contribution in [1.29, 1.82) is 0 Å². The standard InChI is InChI=1S/C16H27NO/c1-5-17(6-2)10-9-16(18)12-15-8-7-13(3)14(4)11-15/h7-8,11,16,18H,5-6,9-10,12H2,1-4H3. The lowest BCUT2D eigenvalue weighted by molar-refractivity contribution is 0.143. The molecule has 102 valence electrons.